The van der Waals surface area contributed by atoms with E-state index >= 15 is 0 Å². The van der Waals surface area contributed by atoms with Crippen molar-refractivity contribution in [2.24, 2.45) is 0 Å². The quantitative estimate of drug-likeness (QED) is 0.0390. The lowest BCUT2D eigenvalue weighted by Gasteiger charge is -2.07. The molecule has 0 unspecified atom stereocenters. The van der Waals surface area contributed by atoms with Gasteiger partial charge in [0, 0.05) is 59.4 Å². The molecule has 2 heterocycles. The molecule has 0 bridgehead atoms. The first kappa shape index (κ1) is 36.2. The van der Waals surface area contributed by atoms with Crippen LogP contribution < -0.4 is 30.7 Å². The minimum absolute atomic E-state index is 0.359. The molecule has 12 heteroatoms. The number of ether oxygens (including phenoxy) is 2. The van der Waals surface area contributed by atoms with Crippen LogP contribution >= 0.6 is 0 Å². The third kappa shape index (κ3) is 10.4. The van der Waals surface area contributed by atoms with Crippen molar-refractivity contribution in [3.05, 3.63) is 59.9 Å². The summed E-state index contributed by atoms with van der Waals surface area (Å²) in [6.45, 7) is 4.33. The van der Waals surface area contributed by atoms with Gasteiger partial charge in [-0.3, -0.25) is 19.2 Å². The van der Waals surface area contributed by atoms with E-state index in [-0.39, 0.29) is 0 Å². The minimum Gasteiger partial charge on any atom is -0.497 e. The molecule has 0 saturated heterocycles. The van der Waals surface area contributed by atoms with Crippen molar-refractivity contribution in [3.8, 4) is 11.5 Å². The summed E-state index contributed by atoms with van der Waals surface area (Å²) < 4.78 is 10.4. The third-order valence-electron chi connectivity index (χ3n) is 8.27. The van der Waals surface area contributed by atoms with E-state index in [2.05, 4.69) is 31.2 Å². The molecule has 4 aromatic rings. The Morgan fingerprint density at radius 1 is 0.542 bits per heavy atom. The molecule has 2 aromatic carbocycles. The second-order valence-electron chi connectivity index (χ2n) is 11.7. The van der Waals surface area contributed by atoms with Crippen LogP contribution in [0.4, 0.5) is 0 Å². The molecule has 0 spiro atoms. The predicted molar refractivity (Wildman–Crippen MR) is 187 cm³/mol. The highest BCUT2D eigenvalue weighted by molar-refractivity contribution is 6.45. The van der Waals surface area contributed by atoms with E-state index in [1.54, 1.807) is 63.0 Å². The highest BCUT2D eigenvalue weighted by Gasteiger charge is 2.21. The number of carbonyl (C=O) groups excluding carboxylic acids is 4. The number of hydrogen-bond donors (Lipinski definition) is 6. The molecule has 0 saturated carbocycles. The van der Waals surface area contributed by atoms with Gasteiger partial charge in [0.15, 0.2) is 0 Å². The van der Waals surface area contributed by atoms with Gasteiger partial charge in [-0.05, 0) is 76.1 Å². The molecule has 2 amide bonds. The molecule has 2 aromatic heterocycles. The Balaban J connectivity index is 0.918. The van der Waals surface area contributed by atoms with Crippen molar-refractivity contribution in [1.82, 2.24) is 31.2 Å². The monoisotopic (exact) mass is 660 g/mol. The molecule has 0 fully saturated rings. The summed E-state index contributed by atoms with van der Waals surface area (Å²) in [7, 11) is 3.16. The van der Waals surface area contributed by atoms with Crippen LogP contribution in [0, 0.1) is 0 Å². The van der Waals surface area contributed by atoms with Gasteiger partial charge in [0.1, 0.15) is 11.5 Å². The van der Waals surface area contributed by atoms with E-state index in [1.807, 2.05) is 0 Å². The Morgan fingerprint density at radius 2 is 0.938 bits per heavy atom. The van der Waals surface area contributed by atoms with Gasteiger partial charge in [-0.25, -0.2) is 0 Å². The molecule has 0 aliphatic rings. The maximum absolute atomic E-state index is 12.6. The zero-order valence-electron chi connectivity index (χ0n) is 28.0. The molecule has 0 atom stereocenters. The number of fused-ring (bicyclic) bond motifs is 2. The number of rotatable bonds is 23. The van der Waals surface area contributed by atoms with Crippen LogP contribution in [-0.4, -0.2) is 86.8 Å². The smallest absolute Gasteiger partial charge is 0.292 e. The Morgan fingerprint density at radius 3 is 1.35 bits per heavy atom. The molecular formula is C36H48N6O6. The lowest BCUT2D eigenvalue weighted by Crippen LogP contribution is -2.33. The number of unbranched alkanes of at least 4 members (excludes halogenated alkanes) is 5. The Bertz CT molecular complexity index is 1540. The van der Waals surface area contributed by atoms with Crippen molar-refractivity contribution >= 4 is 45.2 Å². The molecule has 0 radical (unpaired) electrons. The lowest BCUT2D eigenvalue weighted by atomic mass is 10.1. The summed E-state index contributed by atoms with van der Waals surface area (Å²) in [5.41, 5.74) is 2.22. The average Bonchev–Trinajstić information content (AvgIpc) is 3.73. The molecular weight excluding hydrogens is 612 g/mol. The zero-order valence-corrected chi connectivity index (χ0v) is 28.0. The summed E-state index contributed by atoms with van der Waals surface area (Å²) in [6, 6.07) is 10.7. The van der Waals surface area contributed by atoms with Crippen LogP contribution in [0.15, 0.2) is 48.8 Å². The standard InChI is InChI=1S/C36H48N6O6/c1-47-25-11-13-27-29(23-41-31(27)21-25)33(43)35(45)39-19-9-17-37-15-7-5-3-4-6-8-16-38-18-10-20-40-36(46)34(44)30-24-42-32-22-26(48-2)12-14-28(30)32/h11-14,21-24,37-38,41-42H,3-10,15-20H2,1-2H3,(H,39,45)(H,40,46). The van der Waals surface area contributed by atoms with E-state index in [1.165, 1.54) is 25.7 Å². The van der Waals surface area contributed by atoms with Crippen LogP contribution in [0.25, 0.3) is 21.8 Å². The number of nitrogens with one attached hydrogen (secondary N) is 6. The number of carbonyl (C=O) groups is 4. The number of methoxy groups -OCH3 is 2. The Hall–Kier alpha value is -4.68. The van der Waals surface area contributed by atoms with Gasteiger partial charge in [-0.15, -0.1) is 0 Å². The van der Waals surface area contributed by atoms with Gasteiger partial charge in [0.25, 0.3) is 23.4 Å². The predicted octanol–water partition coefficient (Wildman–Crippen LogP) is 4.26. The highest BCUT2D eigenvalue weighted by Crippen LogP contribution is 2.24. The fourth-order valence-electron chi connectivity index (χ4n) is 5.53. The fraction of sp³-hybridized carbons (Fsp3) is 0.444. The van der Waals surface area contributed by atoms with Crippen molar-refractivity contribution in [1.29, 1.82) is 0 Å². The summed E-state index contributed by atoms with van der Waals surface area (Å²) >= 11 is 0. The Labute approximate surface area is 281 Å². The van der Waals surface area contributed by atoms with E-state index < -0.39 is 23.4 Å². The first-order valence-corrected chi connectivity index (χ1v) is 16.8. The molecule has 258 valence electrons. The van der Waals surface area contributed by atoms with Crippen molar-refractivity contribution < 1.29 is 28.7 Å². The minimum atomic E-state index is -0.594. The van der Waals surface area contributed by atoms with Gasteiger partial charge in [0.2, 0.25) is 0 Å². The van der Waals surface area contributed by atoms with Crippen molar-refractivity contribution in [2.45, 2.75) is 51.4 Å². The number of benzene rings is 2. The molecule has 12 nitrogen and oxygen atoms in total. The van der Waals surface area contributed by atoms with Crippen molar-refractivity contribution in [3.63, 3.8) is 0 Å². The van der Waals surface area contributed by atoms with Gasteiger partial charge >= 0.3 is 0 Å². The van der Waals surface area contributed by atoms with Crippen LogP contribution in [0.1, 0.15) is 72.1 Å². The number of hydrogen-bond acceptors (Lipinski definition) is 8. The average molecular weight is 661 g/mol. The largest absolute Gasteiger partial charge is 0.497 e. The van der Waals surface area contributed by atoms with Crippen molar-refractivity contribution in [2.75, 3.05) is 53.5 Å². The summed E-state index contributed by atoms with van der Waals surface area (Å²) in [4.78, 5) is 55.9. The maximum Gasteiger partial charge on any atom is 0.292 e. The lowest BCUT2D eigenvalue weighted by molar-refractivity contribution is -0.117. The third-order valence-corrected chi connectivity index (χ3v) is 8.27. The zero-order chi connectivity index (χ0) is 34.1. The van der Waals surface area contributed by atoms with E-state index in [0.717, 1.165) is 62.9 Å². The topological polar surface area (TPSA) is 166 Å². The first-order chi connectivity index (χ1) is 23.4. The molecule has 48 heavy (non-hydrogen) atoms. The van der Waals surface area contributed by atoms with E-state index in [0.29, 0.717) is 46.5 Å². The summed E-state index contributed by atoms with van der Waals surface area (Å²) in [5.74, 6) is -0.918. The van der Waals surface area contributed by atoms with Crippen LogP contribution in [0.2, 0.25) is 0 Å². The number of ketones is 2. The van der Waals surface area contributed by atoms with Gasteiger partial charge in [-0.2, -0.15) is 0 Å². The molecule has 6 N–H and O–H groups in total. The van der Waals surface area contributed by atoms with E-state index in [9.17, 15) is 19.2 Å². The SMILES string of the molecule is COc1ccc2c(C(=O)C(=O)NCCCNCCCCCCCCNCCCNC(=O)C(=O)c3c[nH]c4cc(OC)ccc34)c[nH]c2c1. The van der Waals surface area contributed by atoms with Crippen LogP contribution in [0.3, 0.4) is 0 Å². The molecule has 0 aliphatic carbocycles. The van der Waals surface area contributed by atoms with Crippen LogP contribution in [0.5, 0.6) is 11.5 Å². The summed E-state index contributed by atoms with van der Waals surface area (Å²) in [5, 5.41) is 13.7. The van der Waals surface area contributed by atoms with Crippen LogP contribution in [-0.2, 0) is 9.59 Å². The normalized spacial score (nSPS) is 11.1. The number of Topliss-reactive ketones (excluding diaryl/α,β-unsaturated/α-hetero) is 2. The van der Waals surface area contributed by atoms with Gasteiger partial charge in [0.05, 0.1) is 25.3 Å². The van der Waals surface area contributed by atoms with Gasteiger partial charge < -0.3 is 40.7 Å². The van der Waals surface area contributed by atoms with Gasteiger partial charge in [-0.1, -0.05) is 25.7 Å². The second-order valence-corrected chi connectivity index (χ2v) is 11.7. The first-order valence-electron chi connectivity index (χ1n) is 16.8. The maximum atomic E-state index is 12.6. The highest BCUT2D eigenvalue weighted by atomic mass is 16.5. The molecule has 4 rings (SSSR count). The number of aromatic nitrogens is 2. The van der Waals surface area contributed by atoms with E-state index in [4.69, 9.17) is 9.47 Å². The summed E-state index contributed by atoms with van der Waals surface area (Å²) in [6.07, 6.45) is 11.6. The number of aromatic amines is 2. The molecule has 0 aliphatic heterocycles. The fourth-order valence-corrected chi connectivity index (χ4v) is 5.53. The number of H-pyrrole nitrogens is 2. The number of amides is 2. The second kappa shape index (κ2) is 19.2. The Kier molecular flexibility index (Phi) is 14.5.